The highest BCUT2D eigenvalue weighted by atomic mass is 32.2. The standard InChI is InChI=1S/C23H20N4O4S2/c1-15(28)27-12-11-17-19(13-24)23(32-21(17)14-27)25-22(29)18-9-5-6-10-20(18)26-33(30,31)16-7-3-2-4-8-16/h2-10,26H,11-12,14H2,1H3,(H,25,29). The largest absolute Gasteiger partial charge is 0.337 e. The van der Waals surface area contributed by atoms with Crippen molar-refractivity contribution in [1.29, 1.82) is 5.26 Å². The van der Waals surface area contributed by atoms with Crippen LogP contribution in [0.2, 0.25) is 0 Å². The molecule has 168 valence electrons. The molecule has 0 unspecified atom stereocenters. The summed E-state index contributed by atoms with van der Waals surface area (Å²) in [5.41, 5.74) is 1.47. The van der Waals surface area contributed by atoms with Crippen LogP contribution in [0.4, 0.5) is 10.7 Å². The number of carbonyl (C=O) groups excluding carboxylic acids is 2. The Hall–Kier alpha value is -3.68. The van der Waals surface area contributed by atoms with E-state index in [4.69, 9.17) is 0 Å². The molecule has 33 heavy (non-hydrogen) atoms. The van der Waals surface area contributed by atoms with Crippen LogP contribution in [0.25, 0.3) is 0 Å². The molecule has 2 amide bonds. The third-order valence-corrected chi connectivity index (χ3v) is 7.82. The quantitative estimate of drug-likeness (QED) is 0.579. The number of nitrogens with zero attached hydrogens (tertiary/aromatic N) is 2. The van der Waals surface area contributed by atoms with Gasteiger partial charge in [0.1, 0.15) is 11.1 Å². The van der Waals surface area contributed by atoms with Crippen molar-refractivity contribution in [3.8, 4) is 6.07 Å². The van der Waals surface area contributed by atoms with Gasteiger partial charge in [0.2, 0.25) is 5.91 Å². The third-order valence-electron chi connectivity index (χ3n) is 5.31. The summed E-state index contributed by atoms with van der Waals surface area (Å²) in [5.74, 6) is -0.586. The molecular formula is C23H20N4O4S2. The van der Waals surface area contributed by atoms with Gasteiger partial charge >= 0.3 is 0 Å². The number of carbonyl (C=O) groups is 2. The van der Waals surface area contributed by atoms with Gasteiger partial charge in [-0.15, -0.1) is 11.3 Å². The van der Waals surface area contributed by atoms with Crippen molar-refractivity contribution < 1.29 is 18.0 Å². The van der Waals surface area contributed by atoms with Crippen molar-refractivity contribution in [2.24, 2.45) is 0 Å². The van der Waals surface area contributed by atoms with Gasteiger partial charge < -0.3 is 10.2 Å². The van der Waals surface area contributed by atoms with Crippen LogP contribution < -0.4 is 10.0 Å². The molecule has 3 aromatic rings. The van der Waals surface area contributed by atoms with E-state index >= 15 is 0 Å². The van der Waals surface area contributed by atoms with E-state index < -0.39 is 15.9 Å². The summed E-state index contributed by atoms with van der Waals surface area (Å²) in [6, 6.07) is 16.3. The summed E-state index contributed by atoms with van der Waals surface area (Å²) in [7, 11) is -3.89. The van der Waals surface area contributed by atoms with E-state index in [-0.39, 0.29) is 22.1 Å². The van der Waals surface area contributed by atoms with Crippen LogP contribution in [0.1, 0.15) is 33.3 Å². The number of anilines is 2. The van der Waals surface area contributed by atoms with Crippen LogP contribution in [0, 0.1) is 11.3 Å². The average molecular weight is 481 g/mol. The molecule has 0 saturated heterocycles. The Morgan fingerprint density at radius 1 is 1.09 bits per heavy atom. The molecule has 2 aromatic carbocycles. The Bertz CT molecular complexity index is 1380. The van der Waals surface area contributed by atoms with E-state index in [1.807, 2.05) is 0 Å². The van der Waals surface area contributed by atoms with E-state index in [2.05, 4.69) is 16.1 Å². The average Bonchev–Trinajstić information content (AvgIpc) is 3.15. The monoisotopic (exact) mass is 480 g/mol. The fourth-order valence-corrected chi connectivity index (χ4v) is 5.93. The second-order valence-corrected chi connectivity index (χ2v) is 10.2. The van der Waals surface area contributed by atoms with Gasteiger partial charge in [-0.25, -0.2) is 8.42 Å². The zero-order valence-electron chi connectivity index (χ0n) is 17.7. The second kappa shape index (κ2) is 9.05. The number of fused-ring (bicyclic) bond motifs is 1. The van der Waals surface area contributed by atoms with Gasteiger partial charge in [-0.2, -0.15) is 5.26 Å². The fourth-order valence-electron chi connectivity index (χ4n) is 3.62. The first kappa shape index (κ1) is 22.5. The first-order valence-electron chi connectivity index (χ1n) is 10.1. The van der Waals surface area contributed by atoms with Crippen LogP contribution >= 0.6 is 11.3 Å². The minimum Gasteiger partial charge on any atom is -0.337 e. The van der Waals surface area contributed by atoms with Crippen LogP contribution in [-0.2, 0) is 27.8 Å². The number of nitriles is 1. The lowest BCUT2D eigenvalue weighted by Gasteiger charge is -2.25. The van der Waals surface area contributed by atoms with E-state index in [0.29, 0.717) is 30.1 Å². The van der Waals surface area contributed by atoms with Crippen molar-refractivity contribution in [3.63, 3.8) is 0 Å². The van der Waals surface area contributed by atoms with Gasteiger partial charge in [-0.05, 0) is 36.2 Å². The Morgan fingerprint density at radius 3 is 2.48 bits per heavy atom. The summed E-state index contributed by atoms with van der Waals surface area (Å²) >= 11 is 1.26. The summed E-state index contributed by atoms with van der Waals surface area (Å²) in [5, 5.41) is 12.8. The van der Waals surface area contributed by atoms with Crippen molar-refractivity contribution in [2.45, 2.75) is 24.8 Å². The topological polar surface area (TPSA) is 119 Å². The number of para-hydroxylation sites is 1. The van der Waals surface area contributed by atoms with E-state index in [1.165, 1.54) is 42.5 Å². The minimum atomic E-state index is -3.89. The molecule has 2 N–H and O–H groups in total. The van der Waals surface area contributed by atoms with Gasteiger partial charge in [0.25, 0.3) is 15.9 Å². The first-order valence-corrected chi connectivity index (χ1v) is 12.4. The lowest BCUT2D eigenvalue weighted by molar-refractivity contribution is -0.129. The second-order valence-electron chi connectivity index (χ2n) is 7.43. The van der Waals surface area contributed by atoms with Gasteiger partial charge in [0.05, 0.1) is 28.3 Å². The van der Waals surface area contributed by atoms with Crippen molar-refractivity contribution in [2.75, 3.05) is 16.6 Å². The Kier molecular flexibility index (Phi) is 6.18. The number of rotatable bonds is 5. The van der Waals surface area contributed by atoms with Crippen LogP contribution in [-0.4, -0.2) is 31.7 Å². The summed E-state index contributed by atoms with van der Waals surface area (Å²) in [6.45, 7) is 2.42. The highest BCUT2D eigenvalue weighted by Gasteiger charge is 2.27. The molecule has 0 radical (unpaired) electrons. The molecule has 0 spiro atoms. The zero-order chi connectivity index (χ0) is 23.6. The molecule has 10 heteroatoms. The lowest BCUT2D eigenvalue weighted by atomic mass is 10.0. The fraction of sp³-hybridized carbons (Fsp3) is 0.174. The van der Waals surface area contributed by atoms with Gasteiger partial charge in [-0.1, -0.05) is 30.3 Å². The Balaban J connectivity index is 1.61. The van der Waals surface area contributed by atoms with Crippen LogP contribution in [0.15, 0.2) is 59.5 Å². The van der Waals surface area contributed by atoms with Crippen LogP contribution in [0.5, 0.6) is 0 Å². The van der Waals surface area contributed by atoms with Gasteiger partial charge in [-0.3, -0.25) is 14.3 Å². The number of hydrogen-bond donors (Lipinski definition) is 2. The molecular weight excluding hydrogens is 460 g/mol. The summed E-state index contributed by atoms with van der Waals surface area (Å²) < 4.78 is 27.9. The maximum absolute atomic E-state index is 13.1. The molecule has 0 aliphatic carbocycles. The predicted molar refractivity (Wildman–Crippen MR) is 125 cm³/mol. The number of benzene rings is 2. The highest BCUT2D eigenvalue weighted by molar-refractivity contribution is 7.92. The maximum Gasteiger partial charge on any atom is 0.261 e. The normalized spacial score (nSPS) is 13.0. The number of nitrogens with one attached hydrogen (secondary N) is 2. The number of sulfonamides is 1. The molecule has 1 aliphatic rings. The minimum absolute atomic E-state index is 0.0437. The molecule has 0 saturated carbocycles. The number of hydrogen-bond acceptors (Lipinski definition) is 6. The van der Waals surface area contributed by atoms with E-state index in [1.54, 1.807) is 35.2 Å². The Labute approximate surface area is 195 Å². The number of thiophene rings is 1. The van der Waals surface area contributed by atoms with Crippen LogP contribution in [0.3, 0.4) is 0 Å². The summed E-state index contributed by atoms with van der Waals surface area (Å²) in [4.78, 5) is 27.5. The highest BCUT2D eigenvalue weighted by Crippen LogP contribution is 2.37. The lowest BCUT2D eigenvalue weighted by Crippen LogP contribution is -2.33. The first-order chi connectivity index (χ1) is 15.8. The maximum atomic E-state index is 13.1. The Morgan fingerprint density at radius 2 is 1.79 bits per heavy atom. The molecule has 8 nitrogen and oxygen atoms in total. The molecule has 0 bridgehead atoms. The van der Waals surface area contributed by atoms with Crippen molar-refractivity contribution in [3.05, 3.63) is 76.2 Å². The van der Waals surface area contributed by atoms with Crippen molar-refractivity contribution >= 4 is 43.9 Å². The zero-order valence-corrected chi connectivity index (χ0v) is 19.3. The van der Waals surface area contributed by atoms with E-state index in [9.17, 15) is 23.3 Å². The molecule has 2 heterocycles. The molecule has 1 aliphatic heterocycles. The molecule has 4 rings (SSSR count). The number of amides is 2. The summed E-state index contributed by atoms with van der Waals surface area (Å²) in [6.07, 6.45) is 0.539. The molecule has 1 aromatic heterocycles. The SMILES string of the molecule is CC(=O)N1CCc2c(sc(NC(=O)c3ccccc3NS(=O)(=O)c3ccccc3)c2C#N)C1. The smallest absolute Gasteiger partial charge is 0.261 e. The van der Waals surface area contributed by atoms with Gasteiger partial charge in [0.15, 0.2) is 0 Å². The third kappa shape index (κ3) is 4.60. The van der Waals surface area contributed by atoms with Crippen molar-refractivity contribution in [1.82, 2.24) is 4.90 Å². The molecule has 0 atom stereocenters. The predicted octanol–water partition coefficient (Wildman–Crippen LogP) is 3.58. The molecule has 0 fully saturated rings. The van der Waals surface area contributed by atoms with E-state index in [0.717, 1.165) is 10.4 Å². The van der Waals surface area contributed by atoms with Gasteiger partial charge in [0, 0.05) is 18.3 Å².